The van der Waals surface area contributed by atoms with Crippen LogP contribution in [0.1, 0.15) is 20.8 Å². The summed E-state index contributed by atoms with van der Waals surface area (Å²) in [5.41, 5.74) is 0. The molecule has 0 bridgehead atoms. The maximum absolute atomic E-state index is 11.9. The smallest absolute Gasteiger partial charge is 0.271 e. The van der Waals surface area contributed by atoms with Crippen LogP contribution in [-0.4, -0.2) is 41.6 Å². The minimum absolute atomic E-state index is 0.0654. The van der Waals surface area contributed by atoms with Gasteiger partial charge in [0.2, 0.25) is 0 Å². The lowest BCUT2D eigenvalue weighted by atomic mass is 10.4. The summed E-state index contributed by atoms with van der Waals surface area (Å²) in [7, 11) is -1.86. The molecular weight excluding hydrogens is 240 g/mol. The van der Waals surface area contributed by atoms with Gasteiger partial charge in [-0.25, -0.2) is 0 Å². The molecule has 0 aliphatic rings. The lowest BCUT2D eigenvalue weighted by molar-refractivity contribution is 0.391. The molecule has 1 rings (SSSR count). The van der Waals surface area contributed by atoms with E-state index in [9.17, 15) is 8.42 Å². The second-order valence-corrected chi connectivity index (χ2v) is 6.12. The minimum atomic E-state index is -3.42. The van der Waals surface area contributed by atoms with Crippen molar-refractivity contribution in [2.24, 2.45) is 0 Å². The summed E-state index contributed by atoms with van der Waals surface area (Å²) < 4.78 is 29.4. The summed E-state index contributed by atoms with van der Waals surface area (Å²) >= 11 is 0. The minimum Gasteiger partial charge on any atom is -0.271 e. The van der Waals surface area contributed by atoms with Crippen molar-refractivity contribution in [2.45, 2.75) is 39.4 Å². The van der Waals surface area contributed by atoms with E-state index in [-0.39, 0.29) is 12.1 Å². The van der Waals surface area contributed by atoms with Gasteiger partial charge in [0.05, 0.1) is 6.54 Å². The van der Waals surface area contributed by atoms with E-state index in [1.165, 1.54) is 4.31 Å². The van der Waals surface area contributed by atoms with Crippen molar-refractivity contribution in [1.82, 2.24) is 18.8 Å². The van der Waals surface area contributed by atoms with E-state index >= 15 is 0 Å². The second kappa shape index (κ2) is 5.61. The monoisotopic (exact) mass is 260 g/mol. The zero-order valence-corrected chi connectivity index (χ0v) is 11.5. The molecule has 0 fully saturated rings. The average molecular weight is 260 g/mol. The van der Waals surface area contributed by atoms with Crippen molar-refractivity contribution in [3.05, 3.63) is 18.5 Å². The Hall–Kier alpha value is -0.920. The third-order valence-electron chi connectivity index (χ3n) is 2.48. The van der Waals surface area contributed by atoms with Gasteiger partial charge in [0.25, 0.3) is 10.2 Å². The standard InChI is InChI=1S/C10H20N4O2S/c1-9(2)13(4)17(15,16)12-10(3)8-14-7-5-6-11-14/h5-7,9-10,12H,8H2,1-4H3. The number of nitrogens with zero attached hydrogens (tertiary/aromatic N) is 3. The quantitative estimate of drug-likeness (QED) is 0.807. The molecule has 1 aromatic heterocycles. The molecule has 0 saturated heterocycles. The topological polar surface area (TPSA) is 67.2 Å². The first-order chi connectivity index (χ1) is 7.83. The SMILES string of the molecule is CC(Cn1cccn1)NS(=O)(=O)N(C)C(C)C. The van der Waals surface area contributed by atoms with Crippen molar-refractivity contribution in [3.8, 4) is 0 Å². The third kappa shape index (κ3) is 4.10. The summed E-state index contributed by atoms with van der Waals surface area (Å²) in [6.45, 7) is 5.99. The summed E-state index contributed by atoms with van der Waals surface area (Å²) in [5.74, 6) is 0. The van der Waals surface area contributed by atoms with Crippen molar-refractivity contribution in [1.29, 1.82) is 0 Å². The molecule has 0 spiro atoms. The molecule has 6 nitrogen and oxygen atoms in total. The van der Waals surface area contributed by atoms with E-state index < -0.39 is 10.2 Å². The fourth-order valence-corrected chi connectivity index (χ4v) is 2.65. The van der Waals surface area contributed by atoms with E-state index in [1.54, 1.807) is 24.1 Å². The van der Waals surface area contributed by atoms with E-state index in [2.05, 4.69) is 9.82 Å². The Morgan fingerprint density at radius 2 is 2.06 bits per heavy atom. The maximum Gasteiger partial charge on any atom is 0.279 e. The summed E-state index contributed by atoms with van der Waals surface area (Å²) in [5, 5.41) is 4.03. The van der Waals surface area contributed by atoms with Crippen LogP contribution in [0, 0.1) is 0 Å². The van der Waals surface area contributed by atoms with E-state index in [0.29, 0.717) is 6.54 Å². The van der Waals surface area contributed by atoms with Gasteiger partial charge in [-0.05, 0) is 26.8 Å². The van der Waals surface area contributed by atoms with Gasteiger partial charge in [0, 0.05) is 31.5 Å². The molecule has 17 heavy (non-hydrogen) atoms. The van der Waals surface area contributed by atoms with Gasteiger partial charge in [-0.15, -0.1) is 0 Å². The Morgan fingerprint density at radius 1 is 1.41 bits per heavy atom. The molecule has 0 aromatic carbocycles. The highest BCUT2D eigenvalue weighted by Crippen LogP contribution is 2.02. The maximum atomic E-state index is 11.9. The zero-order chi connectivity index (χ0) is 13.1. The van der Waals surface area contributed by atoms with Crippen LogP contribution in [0.25, 0.3) is 0 Å². The van der Waals surface area contributed by atoms with Crippen molar-refractivity contribution >= 4 is 10.2 Å². The lowest BCUT2D eigenvalue weighted by Gasteiger charge is -2.23. The van der Waals surface area contributed by atoms with Crippen LogP contribution < -0.4 is 4.72 Å². The number of hydrogen-bond acceptors (Lipinski definition) is 3. The largest absolute Gasteiger partial charge is 0.279 e. The Morgan fingerprint density at radius 3 is 2.53 bits per heavy atom. The van der Waals surface area contributed by atoms with Crippen LogP contribution in [0.2, 0.25) is 0 Å². The predicted molar refractivity (Wildman–Crippen MR) is 66.6 cm³/mol. The Bertz CT molecular complexity index is 427. The summed E-state index contributed by atoms with van der Waals surface area (Å²) in [4.78, 5) is 0. The highest BCUT2D eigenvalue weighted by atomic mass is 32.2. The van der Waals surface area contributed by atoms with E-state index in [4.69, 9.17) is 0 Å². The van der Waals surface area contributed by atoms with Crippen molar-refractivity contribution < 1.29 is 8.42 Å². The molecule has 1 aromatic rings. The number of aromatic nitrogens is 2. The van der Waals surface area contributed by atoms with E-state index in [1.807, 2.05) is 26.8 Å². The van der Waals surface area contributed by atoms with Crippen molar-refractivity contribution in [3.63, 3.8) is 0 Å². The highest BCUT2D eigenvalue weighted by molar-refractivity contribution is 7.87. The molecule has 1 N–H and O–H groups in total. The molecule has 0 aliphatic heterocycles. The Labute approximate surface area is 103 Å². The van der Waals surface area contributed by atoms with Crippen LogP contribution in [0.4, 0.5) is 0 Å². The van der Waals surface area contributed by atoms with Gasteiger partial charge in [0.15, 0.2) is 0 Å². The van der Waals surface area contributed by atoms with Crippen LogP contribution >= 0.6 is 0 Å². The fourth-order valence-electron chi connectivity index (χ4n) is 1.34. The van der Waals surface area contributed by atoms with Crippen LogP contribution in [0.15, 0.2) is 18.5 Å². The molecule has 0 saturated carbocycles. The zero-order valence-electron chi connectivity index (χ0n) is 10.7. The molecule has 1 heterocycles. The van der Waals surface area contributed by atoms with Gasteiger partial charge in [-0.1, -0.05) is 0 Å². The molecule has 98 valence electrons. The summed E-state index contributed by atoms with van der Waals surface area (Å²) in [6, 6.07) is 1.53. The first-order valence-corrected chi connectivity index (χ1v) is 6.99. The van der Waals surface area contributed by atoms with Crippen molar-refractivity contribution in [2.75, 3.05) is 7.05 Å². The molecule has 1 atom stereocenters. The van der Waals surface area contributed by atoms with E-state index in [0.717, 1.165) is 0 Å². The van der Waals surface area contributed by atoms with Gasteiger partial charge in [-0.3, -0.25) is 4.68 Å². The fraction of sp³-hybridized carbons (Fsp3) is 0.700. The Kier molecular flexibility index (Phi) is 4.67. The molecular formula is C10H20N4O2S. The first-order valence-electron chi connectivity index (χ1n) is 5.55. The van der Waals surface area contributed by atoms with Gasteiger partial charge < -0.3 is 0 Å². The first kappa shape index (κ1) is 14.1. The normalized spacial score (nSPS) is 14.5. The van der Waals surface area contributed by atoms with Gasteiger partial charge in [0.1, 0.15) is 0 Å². The molecule has 1 unspecified atom stereocenters. The van der Waals surface area contributed by atoms with Crippen LogP contribution in [0.3, 0.4) is 0 Å². The van der Waals surface area contributed by atoms with Gasteiger partial charge in [-0.2, -0.15) is 22.5 Å². The number of rotatable bonds is 6. The van der Waals surface area contributed by atoms with Crippen LogP contribution in [0.5, 0.6) is 0 Å². The number of hydrogen-bond donors (Lipinski definition) is 1. The van der Waals surface area contributed by atoms with Gasteiger partial charge >= 0.3 is 0 Å². The molecule has 0 aliphatic carbocycles. The average Bonchev–Trinajstić information content (AvgIpc) is 2.67. The molecule has 7 heteroatoms. The number of nitrogens with one attached hydrogen (secondary N) is 1. The summed E-state index contributed by atoms with van der Waals surface area (Å²) in [6.07, 6.45) is 3.47. The molecule has 0 amide bonds. The highest BCUT2D eigenvalue weighted by Gasteiger charge is 2.22. The Balaban J connectivity index is 2.59. The van der Waals surface area contributed by atoms with Crippen LogP contribution in [-0.2, 0) is 16.8 Å². The molecule has 0 radical (unpaired) electrons. The lowest BCUT2D eigenvalue weighted by Crippen LogP contribution is -2.46. The second-order valence-electron chi connectivity index (χ2n) is 4.36. The predicted octanol–water partition coefficient (Wildman–Crippen LogP) is 0.446. The third-order valence-corrected chi connectivity index (χ3v) is 4.36.